The summed E-state index contributed by atoms with van der Waals surface area (Å²) in [5.74, 6) is 0.0921. The van der Waals surface area contributed by atoms with E-state index in [1.165, 1.54) is 0 Å². The first kappa shape index (κ1) is 14.1. The molecule has 4 atom stereocenters. The number of carbonyl (C=O) groups is 1. The molecule has 1 saturated carbocycles. The van der Waals surface area contributed by atoms with Crippen molar-refractivity contribution in [2.24, 2.45) is 11.7 Å². The van der Waals surface area contributed by atoms with E-state index < -0.39 is 0 Å². The fourth-order valence-corrected chi connectivity index (χ4v) is 3.42. The summed E-state index contributed by atoms with van der Waals surface area (Å²) in [6.45, 7) is 0.734. The number of rotatable bonds is 2. The number of carbonyl (C=O) groups excluding carboxylic acids is 1. The molecule has 0 spiro atoms. The maximum Gasteiger partial charge on any atom is 0.253 e. The highest BCUT2D eigenvalue weighted by molar-refractivity contribution is 6.43. The Morgan fingerprint density at radius 3 is 3.00 bits per heavy atom. The van der Waals surface area contributed by atoms with Crippen LogP contribution in [-0.4, -0.2) is 30.7 Å². The average molecular weight is 315 g/mol. The molecule has 1 aliphatic carbocycles. The molecule has 108 valence electrons. The van der Waals surface area contributed by atoms with Gasteiger partial charge in [-0.15, -0.1) is 0 Å². The minimum atomic E-state index is -0.259. The van der Waals surface area contributed by atoms with Crippen LogP contribution in [0.1, 0.15) is 23.2 Å². The predicted molar refractivity (Wildman–Crippen MR) is 78.2 cm³/mol. The lowest BCUT2D eigenvalue weighted by Crippen LogP contribution is -2.72. The van der Waals surface area contributed by atoms with Crippen LogP contribution in [-0.2, 0) is 4.74 Å². The first-order chi connectivity index (χ1) is 9.59. The molecule has 0 aromatic heterocycles. The van der Waals surface area contributed by atoms with E-state index in [9.17, 15) is 4.79 Å². The third kappa shape index (κ3) is 2.31. The highest BCUT2D eigenvalue weighted by Gasteiger charge is 2.51. The molecule has 0 radical (unpaired) electrons. The Morgan fingerprint density at radius 1 is 1.40 bits per heavy atom. The molecule has 4 unspecified atom stereocenters. The van der Waals surface area contributed by atoms with Crippen LogP contribution >= 0.6 is 23.2 Å². The van der Waals surface area contributed by atoms with Crippen molar-refractivity contribution in [1.82, 2.24) is 5.32 Å². The molecule has 1 amide bonds. The quantitative estimate of drug-likeness (QED) is 0.879. The third-order valence-corrected chi connectivity index (χ3v) is 4.99. The third-order valence-electron chi connectivity index (χ3n) is 4.17. The molecule has 3 N–H and O–H groups in total. The Morgan fingerprint density at radius 2 is 2.20 bits per heavy atom. The highest BCUT2D eigenvalue weighted by atomic mass is 35.5. The predicted octanol–water partition coefficient (Wildman–Crippen LogP) is 2.23. The Hall–Kier alpha value is -0.810. The van der Waals surface area contributed by atoms with Crippen LogP contribution in [0, 0.1) is 5.92 Å². The van der Waals surface area contributed by atoms with Gasteiger partial charge in [-0.1, -0.05) is 29.3 Å². The topological polar surface area (TPSA) is 64.3 Å². The number of hydrogen-bond donors (Lipinski definition) is 2. The van der Waals surface area contributed by atoms with Crippen molar-refractivity contribution >= 4 is 29.1 Å². The maximum atomic E-state index is 12.3. The molecular formula is C14H16Cl2N2O2. The van der Waals surface area contributed by atoms with Gasteiger partial charge in [0.2, 0.25) is 0 Å². The molecule has 4 nitrogen and oxygen atoms in total. The van der Waals surface area contributed by atoms with Gasteiger partial charge in [0.25, 0.3) is 5.91 Å². The molecule has 2 fully saturated rings. The lowest BCUT2D eigenvalue weighted by molar-refractivity contribution is -0.117. The standard InChI is InChI=1S/C14H16Cl2N2O2/c15-9-5-1-3-7(10(9)16)14(19)18-12-11(17)8-4-2-6-20-13(8)12/h1,3,5,8,11-13H,2,4,6,17H2,(H,18,19). The van der Waals surface area contributed by atoms with Crippen LogP contribution in [0.25, 0.3) is 0 Å². The van der Waals surface area contributed by atoms with Gasteiger partial charge in [0.15, 0.2) is 0 Å². The number of amides is 1. The van der Waals surface area contributed by atoms with Crippen LogP contribution < -0.4 is 11.1 Å². The second-order valence-electron chi connectivity index (χ2n) is 5.32. The molecule has 0 bridgehead atoms. The molecule has 1 aliphatic heterocycles. The van der Waals surface area contributed by atoms with E-state index in [4.69, 9.17) is 33.7 Å². The Balaban J connectivity index is 1.72. The first-order valence-electron chi connectivity index (χ1n) is 6.71. The molecule has 6 heteroatoms. The molecule has 1 aromatic carbocycles. The summed E-state index contributed by atoms with van der Waals surface area (Å²) >= 11 is 12.0. The van der Waals surface area contributed by atoms with Crippen molar-refractivity contribution in [2.75, 3.05) is 6.61 Å². The SMILES string of the molecule is NC1C2CCCOC2C1NC(=O)c1cccc(Cl)c1Cl. The van der Waals surface area contributed by atoms with Crippen molar-refractivity contribution in [3.8, 4) is 0 Å². The monoisotopic (exact) mass is 314 g/mol. The van der Waals surface area contributed by atoms with Crippen molar-refractivity contribution < 1.29 is 9.53 Å². The summed E-state index contributed by atoms with van der Waals surface area (Å²) < 4.78 is 5.70. The highest BCUT2D eigenvalue weighted by Crippen LogP contribution is 2.37. The lowest BCUT2D eigenvalue weighted by atomic mass is 9.68. The van der Waals surface area contributed by atoms with E-state index in [-0.39, 0.29) is 29.1 Å². The fraction of sp³-hybridized carbons (Fsp3) is 0.500. The number of benzene rings is 1. The summed E-state index contributed by atoms with van der Waals surface area (Å²) in [5.41, 5.74) is 6.48. The van der Waals surface area contributed by atoms with Crippen molar-refractivity contribution in [3.63, 3.8) is 0 Å². The molecule has 1 heterocycles. The van der Waals surface area contributed by atoms with Crippen LogP contribution in [0.4, 0.5) is 0 Å². The average Bonchev–Trinajstić information content (AvgIpc) is 2.47. The summed E-state index contributed by atoms with van der Waals surface area (Å²) in [6.07, 6.45) is 2.13. The maximum absolute atomic E-state index is 12.3. The van der Waals surface area contributed by atoms with Crippen LogP contribution in [0.2, 0.25) is 10.0 Å². The zero-order chi connectivity index (χ0) is 14.3. The van der Waals surface area contributed by atoms with Gasteiger partial charge in [0.05, 0.1) is 27.8 Å². The molecule has 2 aliphatic rings. The smallest absolute Gasteiger partial charge is 0.253 e. The van der Waals surface area contributed by atoms with E-state index in [1.807, 2.05) is 0 Å². The normalized spacial score (nSPS) is 32.1. The van der Waals surface area contributed by atoms with Crippen LogP contribution in [0.3, 0.4) is 0 Å². The number of fused-ring (bicyclic) bond motifs is 1. The Bertz CT molecular complexity index is 538. The van der Waals surface area contributed by atoms with Gasteiger partial charge in [0, 0.05) is 18.6 Å². The minimum Gasteiger partial charge on any atom is -0.376 e. The molecule has 20 heavy (non-hydrogen) atoms. The number of nitrogens with one attached hydrogen (secondary N) is 1. The second-order valence-corrected chi connectivity index (χ2v) is 6.10. The van der Waals surface area contributed by atoms with Crippen molar-refractivity contribution in [3.05, 3.63) is 33.8 Å². The van der Waals surface area contributed by atoms with E-state index in [2.05, 4.69) is 5.32 Å². The first-order valence-corrected chi connectivity index (χ1v) is 7.47. The largest absolute Gasteiger partial charge is 0.376 e. The van der Waals surface area contributed by atoms with Gasteiger partial charge in [-0.3, -0.25) is 4.79 Å². The van der Waals surface area contributed by atoms with Crippen LogP contribution in [0.5, 0.6) is 0 Å². The Kier molecular flexibility index (Phi) is 3.91. The van der Waals surface area contributed by atoms with E-state index in [0.717, 1.165) is 19.4 Å². The molecule has 1 aromatic rings. The number of halogens is 2. The van der Waals surface area contributed by atoms with Gasteiger partial charge in [-0.2, -0.15) is 0 Å². The van der Waals surface area contributed by atoms with E-state index in [1.54, 1.807) is 18.2 Å². The van der Waals surface area contributed by atoms with Crippen LogP contribution in [0.15, 0.2) is 18.2 Å². The summed E-state index contributed by atoms with van der Waals surface area (Å²) in [5, 5.41) is 3.55. The van der Waals surface area contributed by atoms with E-state index in [0.29, 0.717) is 16.5 Å². The summed E-state index contributed by atoms with van der Waals surface area (Å²) in [6, 6.07) is 4.79. The Labute approximate surface area is 127 Å². The minimum absolute atomic E-state index is 0.0284. The fourth-order valence-electron chi connectivity index (χ4n) is 3.03. The van der Waals surface area contributed by atoms with E-state index >= 15 is 0 Å². The number of hydrogen-bond acceptors (Lipinski definition) is 3. The van der Waals surface area contributed by atoms with Gasteiger partial charge in [-0.25, -0.2) is 0 Å². The zero-order valence-electron chi connectivity index (χ0n) is 10.8. The molecule has 3 rings (SSSR count). The van der Waals surface area contributed by atoms with Gasteiger partial charge >= 0.3 is 0 Å². The summed E-state index contributed by atoms with van der Waals surface area (Å²) in [7, 11) is 0. The van der Waals surface area contributed by atoms with Gasteiger partial charge in [0.1, 0.15) is 0 Å². The zero-order valence-corrected chi connectivity index (χ0v) is 12.3. The number of ether oxygens (including phenoxy) is 1. The van der Waals surface area contributed by atoms with Gasteiger partial charge in [-0.05, 0) is 25.0 Å². The van der Waals surface area contributed by atoms with Gasteiger partial charge < -0.3 is 15.8 Å². The van der Waals surface area contributed by atoms with Crippen molar-refractivity contribution in [2.45, 2.75) is 31.0 Å². The second kappa shape index (κ2) is 5.53. The van der Waals surface area contributed by atoms with Crippen molar-refractivity contribution in [1.29, 1.82) is 0 Å². The number of nitrogens with two attached hydrogens (primary N) is 1. The molecule has 1 saturated heterocycles. The summed E-state index contributed by atoms with van der Waals surface area (Å²) in [4.78, 5) is 12.3. The lowest BCUT2D eigenvalue weighted by Gasteiger charge is -2.52. The molecular weight excluding hydrogens is 299 g/mol.